The van der Waals surface area contributed by atoms with Crippen LogP contribution in [0.3, 0.4) is 0 Å². The largest absolute Gasteiger partial charge is 0.465 e. The summed E-state index contributed by atoms with van der Waals surface area (Å²) in [4.78, 5) is 11.5. The molecular weight excluding hydrogens is 230 g/mol. The van der Waals surface area contributed by atoms with Gasteiger partial charge in [0.2, 0.25) is 0 Å². The summed E-state index contributed by atoms with van der Waals surface area (Å²) in [7, 11) is 0. The average molecular weight is 255 g/mol. The first kappa shape index (κ1) is 13.8. The summed E-state index contributed by atoms with van der Waals surface area (Å²) in [5.41, 5.74) is 5.95. The van der Waals surface area contributed by atoms with Gasteiger partial charge in [0.1, 0.15) is 6.04 Å². The number of hydrogen-bond acceptors (Lipinski definition) is 4. The van der Waals surface area contributed by atoms with Crippen LogP contribution in [0.5, 0.6) is 0 Å². The fourth-order valence-corrected chi connectivity index (χ4v) is 3.25. The van der Waals surface area contributed by atoms with E-state index in [1.54, 1.807) is 6.92 Å². The van der Waals surface area contributed by atoms with Gasteiger partial charge in [-0.05, 0) is 39.0 Å². The van der Waals surface area contributed by atoms with Crippen LogP contribution in [0.2, 0.25) is 0 Å². The second-order valence-corrected chi connectivity index (χ2v) is 5.62. The lowest BCUT2D eigenvalue weighted by Crippen LogP contribution is -2.37. The van der Waals surface area contributed by atoms with Crippen molar-refractivity contribution < 1.29 is 14.3 Å². The molecule has 1 spiro atoms. The molecule has 2 aliphatic rings. The van der Waals surface area contributed by atoms with Crippen LogP contribution in [-0.2, 0) is 14.3 Å². The first-order valence-electron chi connectivity index (χ1n) is 7.25. The van der Waals surface area contributed by atoms with Crippen LogP contribution in [0.25, 0.3) is 0 Å². The molecule has 1 aliphatic carbocycles. The van der Waals surface area contributed by atoms with Crippen LogP contribution < -0.4 is 5.73 Å². The molecule has 2 fully saturated rings. The molecule has 4 heteroatoms. The summed E-state index contributed by atoms with van der Waals surface area (Å²) in [6.45, 7) is 2.19. The van der Waals surface area contributed by atoms with Gasteiger partial charge in [0.25, 0.3) is 0 Å². The van der Waals surface area contributed by atoms with Crippen molar-refractivity contribution in [2.24, 2.45) is 5.73 Å². The molecule has 2 atom stereocenters. The Morgan fingerprint density at radius 3 is 2.78 bits per heavy atom. The molecule has 1 saturated heterocycles. The van der Waals surface area contributed by atoms with E-state index in [2.05, 4.69) is 0 Å². The summed E-state index contributed by atoms with van der Waals surface area (Å²) in [5.74, 6) is -0.300. The lowest BCUT2D eigenvalue weighted by molar-refractivity contribution is -0.146. The van der Waals surface area contributed by atoms with Gasteiger partial charge in [-0.2, -0.15) is 0 Å². The van der Waals surface area contributed by atoms with E-state index in [-0.39, 0.29) is 17.7 Å². The number of carbonyl (C=O) groups is 1. The zero-order valence-corrected chi connectivity index (χ0v) is 11.3. The molecule has 0 aromatic carbocycles. The summed E-state index contributed by atoms with van der Waals surface area (Å²) in [6.07, 6.45) is 9.14. The zero-order chi connectivity index (χ0) is 13.0. The zero-order valence-electron chi connectivity index (χ0n) is 11.3. The van der Waals surface area contributed by atoms with E-state index in [0.29, 0.717) is 13.0 Å². The smallest absolute Gasteiger partial charge is 0.322 e. The molecule has 1 aliphatic heterocycles. The van der Waals surface area contributed by atoms with Gasteiger partial charge in [-0.15, -0.1) is 0 Å². The fourth-order valence-electron chi connectivity index (χ4n) is 3.25. The van der Waals surface area contributed by atoms with Gasteiger partial charge in [-0.25, -0.2) is 0 Å². The first-order chi connectivity index (χ1) is 8.65. The molecule has 0 bridgehead atoms. The van der Waals surface area contributed by atoms with Crippen LogP contribution in [0.15, 0.2) is 0 Å². The van der Waals surface area contributed by atoms with E-state index in [1.165, 1.54) is 32.1 Å². The Morgan fingerprint density at radius 2 is 2.11 bits per heavy atom. The van der Waals surface area contributed by atoms with E-state index >= 15 is 0 Å². The molecule has 2 rings (SSSR count). The maximum absolute atomic E-state index is 11.5. The molecule has 0 amide bonds. The van der Waals surface area contributed by atoms with Gasteiger partial charge < -0.3 is 15.2 Å². The normalized spacial score (nSPS) is 28.2. The Balaban J connectivity index is 1.80. The van der Waals surface area contributed by atoms with Gasteiger partial charge in [0.05, 0.1) is 18.3 Å². The van der Waals surface area contributed by atoms with Gasteiger partial charge in [0, 0.05) is 0 Å². The summed E-state index contributed by atoms with van der Waals surface area (Å²) < 4.78 is 11.1. The number of ether oxygens (including phenoxy) is 2. The number of esters is 1. The first-order valence-corrected chi connectivity index (χ1v) is 7.25. The van der Waals surface area contributed by atoms with Crippen molar-refractivity contribution in [2.45, 2.75) is 76.0 Å². The van der Waals surface area contributed by atoms with Gasteiger partial charge in [-0.1, -0.05) is 19.3 Å². The number of carbonyl (C=O) groups excluding carboxylic acids is 1. The van der Waals surface area contributed by atoms with E-state index in [0.717, 1.165) is 12.8 Å². The fraction of sp³-hybridized carbons (Fsp3) is 0.929. The van der Waals surface area contributed by atoms with Gasteiger partial charge in [-0.3, -0.25) is 4.79 Å². The average Bonchev–Trinajstić information content (AvgIpc) is 2.73. The standard InChI is InChI=1S/C14H25NO3/c1-2-17-13(16)12(15)10-11-6-9-14(18-11)7-4-3-5-8-14/h11-12H,2-10,15H2,1H3. The van der Waals surface area contributed by atoms with Crippen LogP contribution in [0.1, 0.15) is 58.3 Å². The Morgan fingerprint density at radius 1 is 1.39 bits per heavy atom. The highest BCUT2D eigenvalue weighted by atomic mass is 16.5. The molecule has 104 valence electrons. The minimum Gasteiger partial charge on any atom is -0.465 e. The summed E-state index contributed by atoms with van der Waals surface area (Å²) in [6, 6.07) is -0.534. The molecule has 0 aromatic heterocycles. The van der Waals surface area contributed by atoms with Gasteiger partial charge >= 0.3 is 5.97 Å². The molecule has 18 heavy (non-hydrogen) atoms. The molecule has 0 aromatic rings. The molecular formula is C14H25NO3. The number of nitrogens with two attached hydrogens (primary N) is 1. The number of rotatable bonds is 4. The topological polar surface area (TPSA) is 61.5 Å². The maximum atomic E-state index is 11.5. The van der Waals surface area contributed by atoms with Crippen LogP contribution in [0.4, 0.5) is 0 Å². The van der Waals surface area contributed by atoms with E-state index < -0.39 is 6.04 Å². The van der Waals surface area contributed by atoms with Gasteiger partial charge in [0.15, 0.2) is 0 Å². The Labute approximate surface area is 109 Å². The molecule has 2 unspecified atom stereocenters. The lowest BCUT2D eigenvalue weighted by Gasteiger charge is -2.33. The van der Waals surface area contributed by atoms with Crippen LogP contribution >= 0.6 is 0 Å². The quantitative estimate of drug-likeness (QED) is 0.782. The lowest BCUT2D eigenvalue weighted by atomic mass is 9.83. The van der Waals surface area contributed by atoms with E-state index in [4.69, 9.17) is 15.2 Å². The molecule has 0 radical (unpaired) electrons. The van der Waals surface area contributed by atoms with Crippen molar-refractivity contribution in [2.75, 3.05) is 6.61 Å². The second kappa shape index (κ2) is 6.02. The van der Waals surface area contributed by atoms with Crippen LogP contribution in [0, 0.1) is 0 Å². The highest BCUT2D eigenvalue weighted by Crippen LogP contribution is 2.42. The third-order valence-electron chi connectivity index (χ3n) is 4.21. The van der Waals surface area contributed by atoms with Crippen molar-refractivity contribution in [3.63, 3.8) is 0 Å². The van der Waals surface area contributed by atoms with Crippen molar-refractivity contribution in [3.8, 4) is 0 Å². The Bertz CT molecular complexity index is 287. The minimum atomic E-state index is -0.534. The predicted octanol–water partition coefficient (Wildman–Crippen LogP) is 2.15. The van der Waals surface area contributed by atoms with Crippen molar-refractivity contribution in [3.05, 3.63) is 0 Å². The maximum Gasteiger partial charge on any atom is 0.322 e. The summed E-state index contributed by atoms with van der Waals surface area (Å²) >= 11 is 0. The second-order valence-electron chi connectivity index (χ2n) is 5.62. The highest BCUT2D eigenvalue weighted by Gasteiger charge is 2.41. The van der Waals surface area contributed by atoms with Crippen molar-refractivity contribution in [1.29, 1.82) is 0 Å². The van der Waals surface area contributed by atoms with E-state index in [9.17, 15) is 4.79 Å². The molecule has 4 nitrogen and oxygen atoms in total. The SMILES string of the molecule is CCOC(=O)C(N)CC1CCC2(CCCCC2)O1. The predicted molar refractivity (Wildman–Crippen MR) is 69.1 cm³/mol. The molecule has 1 saturated carbocycles. The molecule has 2 N–H and O–H groups in total. The van der Waals surface area contributed by atoms with E-state index in [1.807, 2.05) is 0 Å². The third-order valence-corrected chi connectivity index (χ3v) is 4.21. The Kier molecular flexibility index (Phi) is 4.62. The monoisotopic (exact) mass is 255 g/mol. The summed E-state index contributed by atoms with van der Waals surface area (Å²) in [5, 5.41) is 0. The third kappa shape index (κ3) is 3.23. The molecule has 1 heterocycles. The minimum absolute atomic E-state index is 0.108. The van der Waals surface area contributed by atoms with Crippen molar-refractivity contribution >= 4 is 5.97 Å². The van der Waals surface area contributed by atoms with Crippen LogP contribution in [-0.4, -0.2) is 30.3 Å². The highest BCUT2D eigenvalue weighted by molar-refractivity contribution is 5.75. The number of hydrogen-bond donors (Lipinski definition) is 1. The Hall–Kier alpha value is -0.610. The van der Waals surface area contributed by atoms with Crippen molar-refractivity contribution in [1.82, 2.24) is 0 Å².